The molecule has 28 heavy (non-hydrogen) atoms. The second-order valence-corrected chi connectivity index (χ2v) is 7.74. The summed E-state index contributed by atoms with van der Waals surface area (Å²) in [5, 5.41) is 2.86. The molecule has 0 radical (unpaired) electrons. The van der Waals surface area contributed by atoms with E-state index in [4.69, 9.17) is 0 Å². The second-order valence-electron chi connectivity index (χ2n) is 7.74. The molecule has 1 amide bonds. The predicted octanol–water partition coefficient (Wildman–Crippen LogP) is 2.17. The normalized spacial score (nSPS) is 17.4. The zero-order valence-electron chi connectivity index (χ0n) is 16.5. The van der Waals surface area contributed by atoms with Crippen molar-refractivity contribution in [1.29, 1.82) is 0 Å². The molecule has 0 bridgehead atoms. The Morgan fingerprint density at radius 3 is 2.64 bits per heavy atom. The molecule has 3 rings (SSSR count). The standard InChI is InChI=1S/C21H28N4O3/c1-14-4-3-11-25(12-14)13-16-5-7-17(8-6-16)23-19(26)10-9-18-15(2)22-21(28)24-20(18)27/h5-8,14H,3-4,9-13H2,1-2H3,(H,23,26)(H2,22,24,27,28). The van der Waals surface area contributed by atoms with Crippen LogP contribution in [0.25, 0.3) is 0 Å². The maximum atomic E-state index is 12.2. The number of rotatable bonds is 6. The summed E-state index contributed by atoms with van der Waals surface area (Å²) >= 11 is 0. The van der Waals surface area contributed by atoms with E-state index in [1.807, 2.05) is 24.3 Å². The Hall–Kier alpha value is -2.67. The Morgan fingerprint density at radius 2 is 1.96 bits per heavy atom. The summed E-state index contributed by atoms with van der Waals surface area (Å²) in [6.45, 7) is 7.18. The van der Waals surface area contributed by atoms with Gasteiger partial charge in [-0.25, -0.2) is 4.79 Å². The fourth-order valence-electron chi connectivity index (χ4n) is 3.77. The van der Waals surface area contributed by atoms with Gasteiger partial charge in [0.05, 0.1) is 0 Å². The number of nitrogens with one attached hydrogen (secondary N) is 3. The SMILES string of the molecule is Cc1[nH]c(=O)[nH]c(=O)c1CCC(=O)Nc1ccc(CN2CCCC(C)C2)cc1. The van der Waals surface area contributed by atoms with Crippen molar-refractivity contribution in [2.45, 2.75) is 46.1 Å². The number of aromatic amines is 2. The molecular formula is C21H28N4O3. The largest absolute Gasteiger partial charge is 0.326 e. The summed E-state index contributed by atoms with van der Waals surface area (Å²) in [4.78, 5) is 42.5. The number of H-pyrrole nitrogens is 2. The van der Waals surface area contributed by atoms with Gasteiger partial charge < -0.3 is 10.3 Å². The topological polar surface area (TPSA) is 98.1 Å². The van der Waals surface area contributed by atoms with E-state index >= 15 is 0 Å². The van der Waals surface area contributed by atoms with Gasteiger partial charge >= 0.3 is 5.69 Å². The lowest BCUT2D eigenvalue weighted by molar-refractivity contribution is -0.116. The lowest BCUT2D eigenvalue weighted by Gasteiger charge is -2.30. The van der Waals surface area contributed by atoms with Gasteiger partial charge in [0.25, 0.3) is 5.56 Å². The van der Waals surface area contributed by atoms with E-state index in [9.17, 15) is 14.4 Å². The molecule has 3 N–H and O–H groups in total. The van der Waals surface area contributed by atoms with E-state index in [-0.39, 0.29) is 18.7 Å². The number of benzene rings is 1. The number of aromatic nitrogens is 2. The molecule has 7 nitrogen and oxygen atoms in total. The molecule has 1 aliphatic rings. The molecule has 1 aromatic carbocycles. The fraction of sp³-hybridized carbons (Fsp3) is 0.476. The van der Waals surface area contributed by atoms with Gasteiger partial charge in [0.2, 0.25) is 5.91 Å². The predicted molar refractivity (Wildman–Crippen MR) is 109 cm³/mol. The molecule has 2 heterocycles. The highest BCUT2D eigenvalue weighted by molar-refractivity contribution is 5.90. The second kappa shape index (κ2) is 9.01. The molecule has 1 aromatic heterocycles. The van der Waals surface area contributed by atoms with Crippen LogP contribution in [0.2, 0.25) is 0 Å². The Bertz CT molecular complexity index is 930. The third kappa shape index (κ3) is 5.42. The van der Waals surface area contributed by atoms with Crippen LogP contribution in [0.5, 0.6) is 0 Å². The number of carbonyl (C=O) groups excluding carboxylic acids is 1. The third-order valence-electron chi connectivity index (χ3n) is 5.24. The van der Waals surface area contributed by atoms with Gasteiger partial charge in [0, 0.05) is 36.5 Å². The van der Waals surface area contributed by atoms with E-state index in [2.05, 4.69) is 27.1 Å². The molecule has 1 atom stereocenters. The molecule has 7 heteroatoms. The van der Waals surface area contributed by atoms with Crippen LogP contribution >= 0.6 is 0 Å². The number of hydrogen-bond donors (Lipinski definition) is 3. The highest BCUT2D eigenvalue weighted by atomic mass is 16.2. The molecule has 2 aromatic rings. The first-order valence-electron chi connectivity index (χ1n) is 9.84. The first-order valence-corrected chi connectivity index (χ1v) is 9.84. The summed E-state index contributed by atoms with van der Waals surface area (Å²) < 4.78 is 0. The molecule has 0 aliphatic carbocycles. The smallest absolute Gasteiger partial charge is 0.325 e. The highest BCUT2D eigenvalue weighted by Crippen LogP contribution is 2.19. The highest BCUT2D eigenvalue weighted by Gasteiger charge is 2.16. The van der Waals surface area contributed by atoms with E-state index < -0.39 is 11.2 Å². The maximum absolute atomic E-state index is 12.2. The van der Waals surface area contributed by atoms with Gasteiger partial charge in [0.15, 0.2) is 0 Å². The van der Waals surface area contributed by atoms with Gasteiger partial charge in [-0.2, -0.15) is 0 Å². The number of carbonyl (C=O) groups is 1. The van der Waals surface area contributed by atoms with Crippen molar-refractivity contribution in [3.63, 3.8) is 0 Å². The number of aryl methyl sites for hydroxylation is 1. The van der Waals surface area contributed by atoms with Crippen LogP contribution in [0, 0.1) is 12.8 Å². The minimum absolute atomic E-state index is 0.164. The lowest BCUT2D eigenvalue weighted by atomic mass is 10.00. The number of anilines is 1. The first-order chi connectivity index (χ1) is 13.4. The molecule has 1 unspecified atom stereocenters. The number of piperidine rings is 1. The van der Waals surface area contributed by atoms with Crippen LogP contribution in [-0.2, 0) is 17.8 Å². The summed E-state index contributed by atoms with van der Waals surface area (Å²) in [6.07, 6.45) is 3.01. The average molecular weight is 384 g/mol. The average Bonchev–Trinajstić information content (AvgIpc) is 2.62. The van der Waals surface area contributed by atoms with Crippen molar-refractivity contribution >= 4 is 11.6 Å². The van der Waals surface area contributed by atoms with Crippen LogP contribution in [0.4, 0.5) is 5.69 Å². The molecule has 1 aliphatic heterocycles. The molecular weight excluding hydrogens is 356 g/mol. The summed E-state index contributed by atoms with van der Waals surface area (Å²) in [5.41, 5.74) is 1.94. The van der Waals surface area contributed by atoms with Gasteiger partial charge in [-0.05, 0) is 56.3 Å². The van der Waals surface area contributed by atoms with Crippen molar-refractivity contribution in [2.75, 3.05) is 18.4 Å². The van der Waals surface area contributed by atoms with Crippen LogP contribution in [0.1, 0.15) is 43.0 Å². The number of likely N-dealkylation sites (tertiary alicyclic amines) is 1. The maximum Gasteiger partial charge on any atom is 0.325 e. The van der Waals surface area contributed by atoms with Crippen LogP contribution in [-0.4, -0.2) is 33.9 Å². The monoisotopic (exact) mass is 384 g/mol. The Balaban J connectivity index is 1.52. The van der Waals surface area contributed by atoms with E-state index in [0.717, 1.165) is 31.2 Å². The Kier molecular flexibility index (Phi) is 6.46. The Labute approximate surface area is 164 Å². The molecule has 0 spiro atoms. The van der Waals surface area contributed by atoms with E-state index in [0.29, 0.717) is 11.3 Å². The third-order valence-corrected chi connectivity index (χ3v) is 5.24. The number of nitrogens with zero attached hydrogens (tertiary/aromatic N) is 1. The minimum atomic E-state index is -0.533. The van der Waals surface area contributed by atoms with Gasteiger partial charge in [0.1, 0.15) is 0 Å². The zero-order chi connectivity index (χ0) is 20.1. The van der Waals surface area contributed by atoms with Crippen molar-refractivity contribution in [3.8, 4) is 0 Å². The van der Waals surface area contributed by atoms with Gasteiger partial charge in [-0.1, -0.05) is 19.1 Å². The molecule has 150 valence electrons. The van der Waals surface area contributed by atoms with Crippen molar-refractivity contribution in [1.82, 2.24) is 14.9 Å². The first kappa shape index (κ1) is 20.1. The fourth-order valence-corrected chi connectivity index (χ4v) is 3.77. The summed E-state index contributed by atoms with van der Waals surface area (Å²) in [7, 11) is 0. The number of hydrogen-bond acceptors (Lipinski definition) is 4. The van der Waals surface area contributed by atoms with Crippen molar-refractivity contribution in [3.05, 3.63) is 61.9 Å². The van der Waals surface area contributed by atoms with Gasteiger partial charge in [-0.15, -0.1) is 0 Å². The van der Waals surface area contributed by atoms with Crippen molar-refractivity contribution in [2.24, 2.45) is 5.92 Å². The van der Waals surface area contributed by atoms with Crippen LogP contribution in [0.15, 0.2) is 33.9 Å². The molecule has 1 saturated heterocycles. The van der Waals surface area contributed by atoms with E-state index in [1.165, 1.54) is 18.4 Å². The molecule has 0 saturated carbocycles. The van der Waals surface area contributed by atoms with Crippen LogP contribution in [0.3, 0.4) is 0 Å². The zero-order valence-corrected chi connectivity index (χ0v) is 16.5. The van der Waals surface area contributed by atoms with E-state index in [1.54, 1.807) is 6.92 Å². The minimum Gasteiger partial charge on any atom is -0.326 e. The quantitative estimate of drug-likeness (QED) is 0.711. The van der Waals surface area contributed by atoms with Crippen LogP contribution < -0.4 is 16.6 Å². The Morgan fingerprint density at radius 1 is 1.21 bits per heavy atom. The summed E-state index contributed by atoms with van der Waals surface area (Å²) in [5.74, 6) is 0.591. The number of amides is 1. The lowest BCUT2D eigenvalue weighted by Crippen LogP contribution is -2.33. The summed E-state index contributed by atoms with van der Waals surface area (Å²) in [6, 6.07) is 7.93. The molecule has 1 fully saturated rings. The van der Waals surface area contributed by atoms with Crippen molar-refractivity contribution < 1.29 is 4.79 Å². The van der Waals surface area contributed by atoms with Gasteiger partial charge in [-0.3, -0.25) is 19.5 Å².